The molecule has 0 aliphatic carbocycles. The van der Waals surface area contributed by atoms with Gasteiger partial charge >= 0.3 is 5.97 Å². The Bertz CT molecular complexity index is 1710. The summed E-state index contributed by atoms with van der Waals surface area (Å²) >= 11 is 0. The zero-order chi connectivity index (χ0) is 36.1. The van der Waals surface area contributed by atoms with Crippen molar-refractivity contribution in [2.75, 3.05) is 33.8 Å². The molecule has 274 valence electrons. The number of hydrogen-bond acceptors (Lipinski definition) is 8. The minimum absolute atomic E-state index is 0.0637. The van der Waals surface area contributed by atoms with Crippen molar-refractivity contribution in [3.05, 3.63) is 76.6 Å². The highest BCUT2D eigenvalue weighted by molar-refractivity contribution is 5.84. The lowest BCUT2D eigenvalue weighted by Crippen LogP contribution is -2.42. The van der Waals surface area contributed by atoms with Crippen LogP contribution >= 0.6 is 0 Å². The molecule has 3 aliphatic rings. The minimum atomic E-state index is -0.910. The number of aryl methyl sites for hydroxylation is 3. The van der Waals surface area contributed by atoms with Crippen molar-refractivity contribution in [2.45, 2.75) is 84.1 Å². The number of nitrogens with zero attached hydrogens (tertiary/aromatic N) is 1. The second kappa shape index (κ2) is 16.4. The molecule has 3 aliphatic heterocycles. The normalized spacial score (nSPS) is 19.8. The monoisotopic (exact) mass is 703 g/mol. The lowest BCUT2D eigenvalue weighted by atomic mass is 9.78. The van der Waals surface area contributed by atoms with E-state index in [1.165, 1.54) is 6.07 Å². The molecule has 0 aromatic heterocycles. The lowest BCUT2D eigenvalue weighted by Gasteiger charge is -2.31. The van der Waals surface area contributed by atoms with E-state index in [0.717, 1.165) is 42.4 Å². The van der Waals surface area contributed by atoms with Crippen LogP contribution in [0, 0.1) is 30.5 Å². The molecule has 0 radical (unpaired) electrons. The standard InChI is InChI=1S/C41H50FNO8/c1-5-8-27(9-6-2)30(15-12-26-13-16-32(42)25(3)18-26)34(44)22-43-21-31(29-19-36(47-4)40-37(20-29)49-24-51-40)38(41(45)46)33(43)17-14-28-10-7-11-35-39(28)50-23-48-35/h7,10-11,13,16,18-20,27,30-31,33,38H,5-6,8-9,12,14-15,17,21-24H2,1-4H3,(H,45,46)/t30-,31-,33+,38-/m1/s1. The Hall–Kier alpha value is -4.31. The second-order valence-electron chi connectivity index (χ2n) is 14.1. The first-order valence-electron chi connectivity index (χ1n) is 18.3. The van der Waals surface area contributed by atoms with Crippen LogP contribution in [0.15, 0.2) is 48.5 Å². The Morgan fingerprint density at radius 2 is 1.69 bits per heavy atom. The highest BCUT2D eigenvalue weighted by atomic mass is 19.1. The molecular formula is C41H50FNO8. The molecule has 6 rings (SSSR count). The zero-order valence-corrected chi connectivity index (χ0v) is 30.1. The van der Waals surface area contributed by atoms with Gasteiger partial charge < -0.3 is 28.8 Å². The predicted octanol–water partition coefficient (Wildman–Crippen LogP) is 7.74. The van der Waals surface area contributed by atoms with Crippen LogP contribution in [0.1, 0.15) is 80.5 Å². The summed E-state index contributed by atoms with van der Waals surface area (Å²) in [7, 11) is 1.55. The fourth-order valence-corrected chi connectivity index (χ4v) is 8.49. The quantitative estimate of drug-likeness (QED) is 0.151. The molecule has 0 bridgehead atoms. The Balaban J connectivity index is 1.31. The minimum Gasteiger partial charge on any atom is -0.493 e. The van der Waals surface area contributed by atoms with Crippen LogP contribution in [-0.4, -0.2) is 61.6 Å². The number of methoxy groups -OCH3 is 1. The Labute approximate surface area is 300 Å². The smallest absolute Gasteiger partial charge is 0.308 e. The van der Waals surface area contributed by atoms with Gasteiger partial charge in [-0.25, -0.2) is 4.39 Å². The van der Waals surface area contributed by atoms with Crippen molar-refractivity contribution in [1.82, 2.24) is 4.90 Å². The van der Waals surface area contributed by atoms with Gasteiger partial charge in [0.15, 0.2) is 23.0 Å². The third kappa shape index (κ3) is 7.96. The van der Waals surface area contributed by atoms with Crippen molar-refractivity contribution in [1.29, 1.82) is 0 Å². The topological polar surface area (TPSA) is 104 Å². The Kier molecular flexibility index (Phi) is 11.7. The number of carboxylic acids is 1. The van der Waals surface area contributed by atoms with Gasteiger partial charge in [-0.1, -0.05) is 63.8 Å². The second-order valence-corrected chi connectivity index (χ2v) is 14.1. The number of halogens is 1. The molecule has 0 amide bonds. The lowest BCUT2D eigenvalue weighted by molar-refractivity contribution is -0.143. The van der Waals surface area contributed by atoms with E-state index in [-0.39, 0.29) is 43.6 Å². The average Bonchev–Trinajstić information content (AvgIpc) is 3.88. The molecular weight excluding hydrogens is 653 g/mol. The number of carbonyl (C=O) groups is 2. The van der Waals surface area contributed by atoms with E-state index < -0.39 is 23.8 Å². The highest BCUT2D eigenvalue weighted by Crippen LogP contribution is 2.48. The fraction of sp³-hybridized carbons (Fsp3) is 0.512. The number of Topliss-reactive ketones (excluding diaryl/α,β-unsaturated/α-hetero) is 1. The van der Waals surface area contributed by atoms with E-state index in [0.29, 0.717) is 66.5 Å². The molecule has 4 atom stereocenters. The van der Waals surface area contributed by atoms with Gasteiger partial charge in [-0.3, -0.25) is 14.5 Å². The molecule has 10 heteroatoms. The van der Waals surface area contributed by atoms with Crippen molar-refractivity contribution in [3.63, 3.8) is 0 Å². The van der Waals surface area contributed by atoms with Gasteiger partial charge in [0, 0.05) is 24.4 Å². The van der Waals surface area contributed by atoms with Crippen LogP contribution in [0.2, 0.25) is 0 Å². The Morgan fingerprint density at radius 3 is 2.39 bits per heavy atom. The van der Waals surface area contributed by atoms with E-state index in [1.807, 2.05) is 42.5 Å². The Morgan fingerprint density at radius 1 is 0.941 bits per heavy atom. The maximum atomic E-state index is 14.6. The van der Waals surface area contributed by atoms with Crippen molar-refractivity contribution in [2.24, 2.45) is 17.8 Å². The summed E-state index contributed by atoms with van der Waals surface area (Å²) in [6.45, 7) is 6.82. The van der Waals surface area contributed by atoms with Gasteiger partial charge in [0.1, 0.15) is 11.6 Å². The number of ether oxygens (including phenoxy) is 5. The van der Waals surface area contributed by atoms with Gasteiger partial charge in [0.05, 0.1) is 19.6 Å². The highest BCUT2D eigenvalue weighted by Gasteiger charge is 2.48. The molecule has 1 N–H and O–H groups in total. The SMILES string of the molecule is CCCC(CCC)[C@@H](CCc1ccc(F)c(C)c1)C(=O)CN1C[C@H](c2cc(OC)c3c(c2)OCO3)[C@@H](C(=O)O)[C@@H]1CCc1cccc2c1OCO2. The maximum Gasteiger partial charge on any atom is 0.308 e. The largest absolute Gasteiger partial charge is 0.493 e. The molecule has 1 saturated heterocycles. The summed E-state index contributed by atoms with van der Waals surface area (Å²) in [6.07, 6.45) is 6.22. The molecule has 51 heavy (non-hydrogen) atoms. The summed E-state index contributed by atoms with van der Waals surface area (Å²) in [5.74, 6) is 0.685. The van der Waals surface area contributed by atoms with Crippen LogP contribution in [0.25, 0.3) is 0 Å². The van der Waals surface area contributed by atoms with Crippen molar-refractivity contribution >= 4 is 11.8 Å². The van der Waals surface area contributed by atoms with Crippen molar-refractivity contribution < 1.29 is 42.8 Å². The molecule has 3 aromatic carbocycles. The number of rotatable bonds is 17. The molecule has 3 heterocycles. The number of ketones is 1. The first kappa shape index (κ1) is 36.5. The van der Waals surface area contributed by atoms with Gasteiger partial charge in [0.25, 0.3) is 0 Å². The van der Waals surface area contributed by atoms with Gasteiger partial charge in [-0.15, -0.1) is 0 Å². The van der Waals surface area contributed by atoms with Crippen molar-refractivity contribution in [3.8, 4) is 28.7 Å². The van der Waals surface area contributed by atoms with Crippen LogP contribution in [0.5, 0.6) is 28.7 Å². The fourth-order valence-electron chi connectivity index (χ4n) is 8.49. The first-order valence-corrected chi connectivity index (χ1v) is 18.3. The summed E-state index contributed by atoms with van der Waals surface area (Å²) < 4.78 is 42.4. The number of aliphatic carboxylic acids is 1. The summed E-state index contributed by atoms with van der Waals surface area (Å²) in [4.78, 5) is 30.0. The molecule has 9 nitrogen and oxygen atoms in total. The summed E-state index contributed by atoms with van der Waals surface area (Å²) in [5.41, 5.74) is 3.34. The summed E-state index contributed by atoms with van der Waals surface area (Å²) in [6, 6.07) is 14.2. The third-order valence-corrected chi connectivity index (χ3v) is 11.0. The van der Waals surface area contributed by atoms with E-state index in [9.17, 15) is 19.1 Å². The van der Waals surface area contributed by atoms with Gasteiger partial charge in [0.2, 0.25) is 19.3 Å². The number of carboxylic acid groups (broad SMARTS) is 1. The van der Waals surface area contributed by atoms with Crippen LogP contribution in [0.4, 0.5) is 4.39 Å². The van der Waals surface area contributed by atoms with Crippen LogP contribution in [-0.2, 0) is 22.4 Å². The van der Waals surface area contributed by atoms with Gasteiger partial charge in [-0.05, 0) is 85.0 Å². The van der Waals surface area contributed by atoms with Crippen LogP contribution in [0.3, 0.4) is 0 Å². The van der Waals surface area contributed by atoms with Gasteiger partial charge in [-0.2, -0.15) is 0 Å². The number of benzene rings is 3. The maximum absolute atomic E-state index is 14.6. The number of carbonyl (C=O) groups excluding carboxylic acids is 1. The predicted molar refractivity (Wildman–Crippen MR) is 190 cm³/mol. The molecule has 3 aromatic rings. The molecule has 0 spiro atoms. The average molecular weight is 704 g/mol. The summed E-state index contributed by atoms with van der Waals surface area (Å²) in [5, 5.41) is 10.9. The number of likely N-dealkylation sites (tertiary alicyclic amines) is 1. The molecule has 0 saturated carbocycles. The van der Waals surface area contributed by atoms with E-state index in [4.69, 9.17) is 23.7 Å². The third-order valence-electron chi connectivity index (χ3n) is 11.0. The number of para-hydroxylation sites is 1. The zero-order valence-electron chi connectivity index (χ0n) is 30.1. The van der Waals surface area contributed by atoms with E-state index >= 15 is 0 Å². The molecule has 1 fully saturated rings. The van der Waals surface area contributed by atoms with Crippen LogP contribution < -0.4 is 23.7 Å². The number of hydrogen-bond donors (Lipinski definition) is 1. The van der Waals surface area contributed by atoms with E-state index in [1.54, 1.807) is 14.0 Å². The van der Waals surface area contributed by atoms with E-state index in [2.05, 4.69) is 18.7 Å². The molecule has 0 unspecified atom stereocenters. The number of fused-ring (bicyclic) bond motifs is 2. The first-order chi connectivity index (χ1) is 24.7.